The maximum Gasteiger partial charge on any atom is 0.313 e. The smallest absolute Gasteiger partial charge is 0.313 e. The van der Waals surface area contributed by atoms with Crippen molar-refractivity contribution in [3.05, 3.63) is 41.8 Å². The molecule has 1 fully saturated rings. The molecule has 3 rings (SSSR count). The van der Waals surface area contributed by atoms with Gasteiger partial charge in [-0.3, -0.25) is 9.59 Å². The lowest BCUT2D eigenvalue weighted by molar-refractivity contribution is -0.136. The van der Waals surface area contributed by atoms with E-state index < -0.39 is 17.4 Å². The standard InChI is InChI=1S/C18H20N2O3S/c21-16(19-12-18(23)8-1-2-9-18)17(22)20-14-6-3-5-13(11-14)15-7-4-10-24-15/h3-7,10-11,23H,1-2,8-9,12H2,(H,19,21)(H,20,22). The summed E-state index contributed by atoms with van der Waals surface area (Å²) in [6.07, 6.45) is 3.23. The van der Waals surface area contributed by atoms with Gasteiger partial charge in [-0.05, 0) is 42.0 Å². The summed E-state index contributed by atoms with van der Waals surface area (Å²) in [5, 5.41) is 17.3. The Labute approximate surface area is 144 Å². The molecule has 0 spiro atoms. The monoisotopic (exact) mass is 344 g/mol. The molecule has 126 valence electrons. The van der Waals surface area contributed by atoms with Crippen LogP contribution in [0, 0.1) is 0 Å². The minimum absolute atomic E-state index is 0.120. The molecule has 0 radical (unpaired) electrons. The van der Waals surface area contributed by atoms with E-state index in [0.29, 0.717) is 18.5 Å². The van der Waals surface area contributed by atoms with Gasteiger partial charge >= 0.3 is 11.8 Å². The third-order valence-corrected chi connectivity index (χ3v) is 5.16. The van der Waals surface area contributed by atoms with Crippen LogP contribution in [-0.2, 0) is 9.59 Å². The van der Waals surface area contributed by atoms with Crippen LogP contribution in [0.2, 0.25) is 0 Å². The summed E-state index contributed by atoms with van der Waals surface area (Å²) in [4.78, 5) is 25.0. The fraction of sp³-hybridized carbons (Fsp3) is 0.333. The Hall–Kier alpha value is -2.18. The third kappa shape index (κ3) is 4.01. The van der Waals surface area contributed by atoms with Gasteiger partial charge in [0, 0.05) is 17.1 Å². The van der Waals surface area contributed by atoms with E-state index in [1.165, 1.54) is 0 Å². The van der Waals surface area contributed by atoms with Crippen LogP contribution in [0.15, 0.2) is 41.8 Å². The molecule has 6 heteroatoms. The van der Waals surface area contributed by atoms with Crippen LogP contribution in [0.4, 0.5) is 5.69 Å². The third-order valence-electron chi connectivity index (χ3n) is 4.24. The second kappa shape index (κ2) is 7.15. The first-order valence-corrected chi connectivity index (χ1v) is 8.89. The van der Waals surface area contributed by atoms with Crippen molar-refractivity contribution in [2.45, 2.75) is 31.3 Å². The lowest BCUT2D eigenvalue weighted by Crippen LogP contribution is -2.44. The molecule has 0 unspecified atom stereocenters. The molecule has 0 aliphatic heterocycles. The van der Waals surface area contributed by atoms with Crippen LogP contribution < -0.4 is 10.6 Å². The van der Waals surface area contributed by atoms with Gasteiger partial charge in [0.1, 0.15) is 0 Å². The molecule has 0 bridgehead atoms. The van der Waals surface area contributed by atoms with Crippen molar-refractivity contribution >= 4 is 28.8 Å². The minimum atomic E-state index is -0.866. The zero-order valence-corrected chi connectivity index (χ0v) is 14.1. The van der Waals surface area contributed by atoms with Gasteiger partial charge in [0.15, 0.2) is 0 Å². The molecular weight excluding hydrogens is 324 g/mol. The number of hydrogen-bond acceptors (Lipinski definition) is 4. The summed E-state index contributed by atoms with van der Waals surface area (Å²) in [6.45, 7) is 0.120. The summed E-state index contributed by atoms with van der Waals surface area (Å²) in [5.74, 6) is -1.45. The number of amides is 2. The molecule has 0 atom stereocenters. The zero-order chi connectivity index (χ0) is 17.0. The van der Waals surface area contributed by atoms with Crippen molar-refractivity contribution in [1.82, 2.24) is 5.32 Å². The molecular formula is C18H20N2O3S. The van der Waals surface area contributed by atoms with E-state index in [1.54, 1.807) is 17.4 Å². The number of benzene rings is 1. The Balaban J connectivity index is 1.58. The molecule has 3 N–H and O–H groups in total. The van der Waals surface area contributed by atoms with Crippen molar-refractivity contribution in [1.29, 1.82) is 0 Å². The van der Waals surface area contributed by atoms with Crippen LogP contribution in [0.1, 0.15) is 25.7 Å². The lowest BCUT2D eigenvalue weighted by atomic mass is 10.0. The maximum absolute atomic E-state index is 12.0. The number of aliphatic hydroxyl groups is 1. The first kappa shape index (κ1) is 16.7. The Morgan fingerprint density at radius 2 is 1.92 bits per heavy atom. The van der Waals surface area contributed by atoms with E-state index in [2.05, 4.69) is 10.6 Å². The quantitative estimate of drug-likeness (QED) is 0.746. The van der Waals surface area contributed by atoms with E-state index in [4.69, 9.17) is 0 Å². The molecule has 1 aromatic heterocycles. The van der Waals surface area contributed by atoms with Gasteiger partial charge in [-0.1, -0.05) is 31.0 Å². The number of nitrogens with one attached hydrogen (secondary N) is 2. The Bertz CT molecular complexity index is 722. The Kier molecular flexibility index (Phi) is 4.97. The summed E-state index contributed by atoms with van der Waals surface area (Å²) in [7, 11) is 0. The Morgan fingerprint density at radius 3 is 2.62 bits per heavy atom. The van der Waals surface area contributed by atoms with Crippen LogP contribution in [0.3, 0.4) is 0 Å². The molecule has 1 saturated carbocycles. The van der Waals surface area contributed by atoms with E-state index in [-0.39, 0.29) is 6.54 Å². The van der Waals surface area contributed by atoms with Crippen molar-refractivity contribution in [3.8, 4) is 10.4 Å². The fourth-order valence-corrected chi connectivity index (χ4v) is 3.64. The highest BCUT2D eigenvalue weighted by Gasteiger charge is 2.32. The first-order chi connectivity index (χ1) is 11.6. The average Bonchev–Trinajstić information content (AvgIpc) is 3.25. The lowest BCUT2D eigenvalue weighted by Gasteiger charge is -2.22. The second-order valence-corrected chi connectivity index (χ2v) is 7.07. The van der Waals surface area contributed by atoms with Gasteiger partial charge in [-0.15, -0.1) is 11.3 Å². The number of hydrogen-bond donors (Lipinski definition) is 3. The van der Waals surface area contributed by atoms with Crippen LogP contribution >= 0.6 is 11.3 Å². The molecule has 2 amide bonds. The topological polar surface area (TPSA) is 78.4 Å². The summed E-state index contributed by atoms with van der Waals surface area (Å²) in [5.41, 5.74) is 0.693. The van der Waals surface area contributed by atoms with Crippen molar-refractivity contribution in [2.75, 3.05) is 11.9 Å². The van der Waals surface area contributed by atoms with Crippen molar-refractivity contribution < 1.29 is 14.7 Å². The van der Waals surface area contributed by atoms with E-state index in [1.807, 2.05) is 35.7 Å². The van der Waals surface area contributed by atoms with Crippen molar-refractivity contribution in [2.24, 2.45) is 0 Å². The van der Waals surface area contributed by atoms with Gasteiger partial charge in [0.05, 0.1) is 5.60 Å². The highest BCUT2D eigenvalue weighted by Crippen LogP contribution is 2.28. The average molecular weight is 344 g/mol. The largest absolute Gasteiger partial charge is 0.388 e. The number of carbonyl (C=O) groups excluding carboxylic acids is 2. The van der Waals surface area contributed by atoms with E-state index in [0.717, 1.165) is 23.3 Å². The first-order valence-electron chi connectivity index (χ1n) is 8.01. The second-order valence-electron chi connectivity index (χ2n) is 6.13. The SMILES string of the molecule is O=C(NCC1(O)CCCC1)C(=O)Nc1cccc(-c2cccs2)c1. The number of thiophene rings is 1. The normalized spacial score (nSPS) is 15.9. The minimum Gasteiger partial charge on any atom is -0.388 e. The molecule has 0 saturated heterocycles. The number of carbonyl (C=O) groups is 2. The van der Waals surface area contributed by atoms with Gasteiger partial charge in [0.25, 0.3) is 0 Å². The van der Waals surface area contributed by atoms with Gasteiger partial charge < -0.3 is 15.7 Å². The van der Waals surface area contributed by atoms with Crippen LogP contribution in [0.5, 0.6) is 0 Å². The predicted octanol–water partition coefficient (Wildman–Crippen LogP) is 2.77. The molecule has 24 heavy (non-hydrogen) atoms. The Morgan fingerprint density at radius 1 is 1.12 bits per heavy atom. The maximum atomic E-state index is 12.0. The summed E-state index contributed by atoms with van der Waals surface area (Å²) >= 11 is 1.61. The molecule has 2 aromatic rings. The van der Waals surface area contributed by atoms with Gasteiger partial charge in [-0.2, -0.15) is 0 Å². The van der Waals surface area contributed by atoms with Crippen molar-refractivity contribution in [3.63, 3.8) is 0 Å². The fourth-order valence-electron chi connectivity index (χ4n) is 2.92. The van der Waals surface area contributed by atoms with Crippen LogP contribution in [0.25, 0.3) is 10.4 Å². The molecule has 1 aliphatic carbocycles. The zero-order valence-electron chi connectivity index (χ0n) is 13.2. The number of rotatable bonds is 4. The predicted molar refractivity (Wildman–Crippen MR) is 94.8 cm³/mol. The molecule has 1 aromatic carbocycles. The molecule has 1 heterocycles. The van der Waals surface area contributed by atoms with Gasteiger partial charge in [0.2, 0.25) is 0 Å². The highest BCUT2D eigenvalue weighted by atomic mass is 32.1. The van der Waals surface area contributed by atoms with Gasteiger partial charge in [-0.25, -0.2) is 0 Å². The molecule has 5 nitrogen and oxygen atoms in total. The van der Waals surface area contributed by atoms with E-state index >= 15 is 0 Å². The molecule has 1 aliphatic rings. The summed E-state index contributed by atoms with van der Waals surface area (Å²) < 4.78 is 0. The van der Waals surface area contributed by atoms with E-state index in [9.17, 15) is 14.7 Å². The summed E-state index contributed by atoms with van der Waals surface area (Å²) in [6, 6.07) is 11.3. The highest BCUT2D eigenvalue weighted by molar-refractivity contribution is 7.13. The van der Waals surface area contributed by atoms with Crippen LogP contribution in [-0.4, -0.2) is 29.1 Å². The number of anilines is 1.